The van der Waals surface area contributed by atoms with Gasteiger partial charge in [-0.1, -0.05) is 12.1 Å². The lowest BCUT2D eigenvalue weighted by Gasteiger charge is -2.34. The SMILES string of the molecule is COc1ccc(S(=O)(=O)N2CCN(Cc3ccc(F)cc3)CC2)c(OC)c1. The molecule has 1 heterocycles. The molecule has 27 heavy (non-hydrogen) atoms. The van der Waals surface area contributed by atoms with Crippen molar-refractivity contribution in [2.45, 2.75) is 11.4 Å². The van der Waals surface area contributed by atoms with E-state index in [1.54, 1.807) is 24.3 Å². The van der Waals surface area contributed by atoms with Gasteiger partial charge < -0.3 is 9.47 Å². The summed E-state index contributed by atoms with van der Waals surface area (Å²) in [6, 6.07) is 11.1. The number of halogens is 1. The summed E-state index contributed by atoms with van der Waals surface area (Å²) < 4.78 is 50.9. The maximum Gasteiger partial charge on any atom is 0.246 e. The van der Waals surface area contributed by atoms with E-state index in [0.29, 0.717) is 38.5 Å². The van der Waals surface area contributed by atoms with Crippen molar-refractivity contribution in [3.63, 3.8) is 0 Å². The summed E-state index contributed by atoms with van der Waals surface area (Å²) in [6.45, 7) is 2.65. The van der Waals surface area contributed by atoms with Crippen molar-refractivity contribution in [1.29, 1.82) is 0 Å². The number of methoxy groups -OCH3 is 2. The second-order valence-electron chi connectivity index (χ2n) is 6.32. The number of piperazine rings is 1. The average Bonchev–Trinajstić information content (AvgIpc) is 2.69. The molecule has 0 aromatic heterocycles. The summed E-state index contributed by atoms with van der Waals surface area (Å²) >= 11 is 0. The second kappa shape index (κ2) is 8.24. The molecular formula is C19H23FN2O4S. The van der Waals surface area contributed by atoms with E-state index in [-0.39, 0.29) is 16.5 Å². The van der Waals surface area contributed by atoms with Crippen LogP contribution in [0.5, 0.6) is 11.5 Å². The molecule has 2 aromatic carbocycles. The average molecular weight is 394 g/mol. The second-order valence-corrected chi connectivity index (χ2v) is 8.23. The van der Waals surface area contributed by atoms with E-state index in [1.807, 2.05) is 0 Å². The van der Waals surface area contributed by atoms with E-state index < -0.39 is 10.0 Å². The molecule has 0 saturated carbocycles. The van der Waals surface area contributed by atoms with Gasteiger partial charge in [0.25, 0.3) is 0 Å². The van der Waals surface area contributed by atoms with Crippen LogP contribution in [-0.2, 0) is 16.6 Å². The maximum atomic E-state index is 13.0. The van der Waals surface area contributed by atoms with Crippen molar-refractivity contribution < 1.29 is 22.3 Å². The van der Waals surface area contributed by atoms with Gasteiger partial charge in [0, 0.05) is 38.8 Å². The van der Waals surface area contributed by atoms with Gasteiger partial charge >= 0.3 is 0 Å². The lowest BCUT2D eigenvalue weighted by Crippen LogP contribution is -2.48. The first-order valence-electron chi connectivity index (χ1n) is 8.63. The molecule has 1 fully saturated rings. The summed E-state index contributed by atoms with van der Waals surface area (Å²) in [6.07, 6.45) is 0. The fourth-order valence-corrected chi connectivity index (χ4v) is 4.66. The minimum absolute atomic E-state index is 0.137. The Labute approximate surface area is 159 Å². The molecule has 6 nitrogen and oxygen atoms in total. The molecule has 3 rings (SSSR count). The molecule has 0 atom stereocenters. The highest BCUT2D eigenvalue weighted by Crippen LogP contribution is 2.31. The quantitative estimate of drug-likeness (QED) is 0.753. The standard InChI is InChI=1S/C19H23FN2O4S/c1-25-17-7-8-19(18(13-17)26-2)27(23,24)22-11-9-21(10-12-22)14-15-3-5-16(20)6-4-15/h3-8,13H,9-12,14H2,1-2H3. The summed E-state index contributed by atoms with van der Waals surface area (Å²) in [4.78, 5) is 2.29. The van der Waals surface area contributed by atoms with Crippen molar-refractivity contribution in [3.8, 4) is 11.5 Å². The predicted molar refractivity (Wildman–Crippen MR) is 100.0 cm³/mol. The molecule has 1 aliphatic heterocycles. The third kappa shape index (κ3) is 4.40. The van der Waals surface area contributed by atoms with Crippen LogP contribution in [0.4, 0.5) is 4.39 Å². The minimum atomic E-state index is -3.66. The molecule has 0 bridgehead atoms. The third-order valence-electron chi connectivity index (χ3n) is 4.64. The highest BCUT2D eigenvalue weighted by atomic mass is 32.2. The van der Waals surface area contributed by atoms with Crippen molar-refractivity contribution in [2.24, 2.45) is 0 Å². The Balaban J connectivity index is 1.68. The van der Waals surface area contributed by atoms with Crippen LogP contribution in [0.3, 0.4) is 0 Å². The molecule has 0 amide bonds. The van der Waals surface area contributed by atoms with Crippen LogP contribution in [0.2, 0.25) is 0 Å². The van der Waals surface area contributed by atoms with Gasteiger partial charge in [0.2, 0.25) is 10.0 Å². The van der Waals surface area contributed by atoms with E-state index in [4.69, 9.17) is 9.47 Å². The fraction of sp³-hybridized carbons (Fsp3) is 0.368. The van der Waals surface area contributed by atoms with E-state index >= 15 is 0 Å². The maximum absolute atomic E-state index is 13.0. The molecule has 8 heteroatoms. The van der Waals surface area contributed by atoms with Crippen LogP contribution in [0, 0.1) is 5.82 Å². The zero-order valence-corrected chi connectivity index (χ0v) is 16.2. The summed E-state index contributed by atoms with van der Waals surface area (Å²) in [5.74, 6) is 0.543. The van der Waals surface area contributed by atoms with Gasteiger partial charge in [-0.2, -0.15) is 4.31 Å². The van der Waals surface area contributed by atoms with Crippen LogP contribution in [0.15, 0.2) is 47.4 Å². The van der Waals surface area contributed by atoms with Crippen molar-refractivity contribution >= 4 is 10.0 Å². The monoisotopic (exact) mass is 394 g/mol. The third-order valence-corrected chi connectivity index (χ3v) is 6.58. The molecular weight excluding hydrogens is 371 g/mol. The van der Waals surface area contributed by atoms with E-state index in [0.717, 1.165) is 5.56 Å². The molecule has 0 radical (unpaired) electrons. The van der Waals surface area contributed by atoms with Crippen LogP contribution in [0.1, 0.15) is 5.56 Å². The van der Waals surface area contributed by atoms with Crippen molar-refractivity contribution in [3.05, 3.63) is 53.8 Å². The topological polar surface area (TPSA) is 59.1 Å². The molecule has 0 spiro atoms. The van der Waals surface area contributed by atoms with Gasteiger partial charge in [0.1, 0.15) is 22.2 Å². The number of sulfonamides is 1. The Morgan fingerprint density at radius 1 is 0.963 bits per heavy atom. The molecule has 1 aliphatic rings. The normalized spacial score (nSPS) is 16.3. The van der Waals surface area contributed by atoms with Gasteiger partial charge in [-0.25, -0.2) is 12.8 Å². The summed E-state index contributed by atoms with van der Waals surface area (Å²) in [5.41, 5.74) is 1.00. The number of nitrogens with zero attached hydrogens (tertiary/aromatic N) is 2. The zero-order chi connectivity index (χ0) is 19.4. The van der Waals surface area contributed by atoms with Gasteiger partial charge in [0.05, 0.1) is 14.2 Å². The van der Waals surface area contributed by atoms with Crippen molar-refractivity contribution in [1.82, 2.24) is 9.21 Å². The lowest BCUT2D eigenvalue weighted by molar-refractivity contribution is 0.181. The Bertz CT molecular complexity index is 879. The van der Waals surface area contributed by atoms with Crippen LogP contribution in [0.25, 0.3) is 0 Å². The zero-order valence-electron chi connectivity index (χ0n) is 15.4. The van der Waals surface area contributed by atoms with Gasteiger partial charge in [-0.3, -0.25) is 4.90 Å². The Kier molecular flexibility index (Phi) is 5.98. The van der Waals surface area contributed by atoms with E-state index in [1.165, 1.54) is 36.7 Å². The number of hydrogen-bond acceptors (Lipinski definition) is 5. The highest BCUT2D eigenvalue weighted by Gasteiger charge is 2.31. The molecule has 0 N–H and O–H groups in total. The first kappa shape index (κ1) is 19.6. The molecule has 0 unspecified atom stereocenters. The highest BCUT2D eigenvalue weighted by molar-refractivity contribution is 7.89. The Morgan fingerprint density at radius 2 is 1.63 bits per heavy atom. The molecule has 1 saturated heterocycles. The predicted octanol–water partition coefficient (Wildman–Crippen LogP) is 2.35. The fourth-order valence-electron chi connectivity index (χ4n) is 3.10. The van der Waals surface area contributed by atoms with Crippen LogP contribution < -0.4 is 9.47 Å². The Morgan fingerprint density at radius 3 is 2.22 bits per heavy atom. The molecule has 146 valence electrons. The number of rotatable bonds is 6. The molecule has 0 aliphatic carbocycles. The number of hydrogen-bond donors (Lipinski definition) is 0. The first-order chi connectivity index (χ1) is 12.9. The van der Waals surface area contributed by atoms with Crippen LogP contribution in [-0.4, -0.2) is 58.0 Å². The van der Waals surface area contributed by atoms with Gasteiger partial charge in [-0.05, 0) is 29.8 Å². The lowest BCUT2D eigenvalue weighted by atomic mass is 10.2. The van der Waals surface area contributed by atoms with Crippen molar-refractivity contribution in [2.75, 3.05) is 40.4 Å². The Hall–Kier alpha value is -2.16. The first-order valence-corrected chi connectivity index (χ1v) is 10.1. The number of ether oxygens (including phenoxy) is 2. The van der Waals surface area contributed by atoms with Gasteiger partial charge in [0.15, 0.2) is 0 Å². The number of benzene rings is 2. The summed E-state index contributed by atoms with van der Waals surface area (Å²) in [5, 5.41) is 0. The van der Waals surface area contributed by atoms with Crippen LogP contribution >= 0.6 is 0 Å². The van der Waals surface area contributed by atoms with E-state index in [9.17, 15) is 12.8 Å². The molecule has 2 aromatic rings. The minimum Gasteiger partial charge on any atom is -0.497 e. The smallest absolute Gasteiger partial charge is 0.246 e. The summed E-state index contributed by atoms with van der Waals surface area (Å²) in [7, 11) is -0.699. The van der Waals surface area contributed by atoms with Gasteiger partial charge in [-0.15, -0.1) is 0 Å². The largest absolute Gasteiger partial charge is 0.497 e. The van der Waals surface area contributed by atoms with E-state index in [2.05, 4.69) is 4.90 Å².